The lowest BCUT2D eigenvalue weighted by molar-refractivity contribution is -0.117. The number of carbonyl (C=O) groups is 2. The van der Waals surface area contributed by atoms with E-state index in [9.17, 15) is 14.0 Å². The average molecular weight is 355 g/mol. The molecule has 6 heteroatoms. The molecule has 2 unspecified atom stereocenters. The summed E-state index contributed by atoms with van der Waals surface area (Å²) in [6, 6.07) is 13.1. The number of anilines is 2. The quantitative estimate of drug-likeness (QED) is 0.756. The Bertz CT molecular complexity index is 788. The molecular weight excluding hydrogens is 333 g/mol. The largest absolute Gasteiger partial charge is 0.336 e. The molecule has 3 N–H and O–H groups in total. The summed E-state index contributed by atoms with van der Waals surface area (Å²) in [7, 11) is 0. The van der Waals surface area contributed by atoms with Crippen molar-refractivity contribution in [1.82, 2.24) is 5.32 Å². The summed E-state index contributed by atoms with van der Waals surface area (Å²) in [5.74, 6) is -0.255. The van der Waals surface area contributed by atoms with Gasteiger partial charge in [-0.15, -0.1) is 0 Å². The summed E-state index contributed by atoms with van der Waals surface area (Å²) >= 11 is 0. The number of nitrogens with one attached hydrogen (secondary N) is 3. The van der Waals surface area contributed by atoms with Gasteiger partial charge in [0, 0.05) is 23.3 Å². The van der Waals surface area contributed by atoms with Crippen molar-refractivity contribution < 1.29 is 14.0 Å². The molecule has 26 heavy (non-hydrogen) atoms. The number of hydrogen-bond acceptors (Lipinski definition) is 2. The molecule has 2 aromatic rings. The van der Waals surface area contributed by atoms with Crippen LogP contribution < -0.4 is 16.0 Å². The van der Waals surface area contributed by atoms with Crippen molar-refractivity contribution in [2.45, 2.75) is 32.2 Å². The predicted octanol–water partition coefficient (Wildman–Crippen LogP) is 4.10. The maximum absolute atomic E-state index is 13.0. The van der Waals surface area contributed by atoms with E-state index in [0.717, 1.165) is 12.0 Å². The minimum absolute atomic E-state index is 0.0439. The summed E-state index contributed by atoms with van der Waals surface area (Å²) in [5, 5.41) is 8.36. The Kier molecular flexibility index (Phi) is 5.21. The highest BCUT2D eigenvalue weighted by Crippen LogP contribution is 2.48. The Morgan fingerprint density at radius 2 is 1.54 bits per heavy atom. The van der Waals surface area contributed by atoms with Gasteiger partial charge in [-0.3, -0.25) is 4.79 Å². The molecule has 0 saturated heterocycles. The fraction of sp³-hybridized carbons (Fsp3) is 0.300. The Labute approximate surface area is 152 Å². The molecule has 0 bridgehead atoms. The molecule has 1 fully saturated rings. The standard InChI is InChI=1S/C20H22FN3O2/c1-12(2)22-20(26)24-16-9-7-15(8-10-16)23-19(25)18-11-17(18)13-3-5-14(21)6-4-13/h3-10,12,17-18H,11H2,1-2H3,(H,23,25)(H2,22,24,26). The predicted molar refractivity (Wildman–Crippen MR) is 99.6 cm³/mol. The second-order valence-corrected chi connectivity index (χ2v) is 6.82. The Morgan fingerprint density at radius 1 is 0.962 bits per heavy atom. The zero-order valence-electron chi connectivity index (χ0n) is 14.8. The van der Waals surface area contributed by atoms with Gasteiger partial charge in [0.25, 0.3) is 0 Å². The van der Waals surface area contributed by atoms with Gasteiger partial charge in [0.15, 0.2) is 0 Å². The van der Waals surface area contributed by atoms with Crippen molar-refractivity contribution >= 4 is 23.3 Å². The van der Waals surface area contributed by atoms with E-state index in [0.29, 0.717) is 11.4 Å². The molecule has 1 saturated carbocycles. The van der Waals surface area contributed by atoms with Crippen LogP contribution in [0.15, 0.2) is 48.5 Å². The fourth-order valence-electron chi connectivity index (χ4n) is 2.86. The average Bonchev–Trinajstić information content (AvgIpc) is 3.37. The second-order valence-electron chi connectivity index (χ2n) is 6.82. The Hall–Kier alpha value is -2.89. The maximum Gasteiger partial charge on any atom is 0.319 e. The molecular formula is C20H22FN3O2. The van der Waals surface area contributed by atoms with Gasteiger partial charge in [0.05, 0.1) is 0 Å². The first-order valence-electron chi connectivity index (χ1n) is 8.66. The lowest BCUT2D eigenvalue weighted by Gasteiger charge is -2.11. The van der Waals surface area contributed by atoms with E-state index in [4.69, 9.17) is 0 Å². The van der Waals surface area contributed by atoms with Crippen LogP contribution in [0.2, 0.25) is 0 Å². The van der Waals surface area contributed by atoms with Gasteiger partial charge in [-0.1, -0.05) is 12.1 Å². The van der Waals surface area contributed by atoms with E-state index >= 15 is 0 Å². The van der Waals surface area contributed by atoms with Gasteiger partial charge in [-0.05, 0) is 68.1 Å². The maximum atomic E-state index is 13.0. The third-order valence-corrected chi connectivity index (χ3v) is 4.26. The van der Waals surface area contributed by atoms with Gasteiger partial charge in [-0.2, -0.15) is 0 Å². The summed E-state index contributed by atoms with van der Waals surface area (Å²) in [5.41, 5.74) is 2.31. The smallest absolute Gasteiger partial charge is 0.319 e. The molecule has 2 aromatic carbocycles. The van der Waals surface area contributed by atoms with Crippen molar-refractivity contribution in [3.05, 3.63) is 59.9 Å². The molecule has 5 nitrogen and oxygen atoms in total. The lowest BCUT2D eigenvalue weighted by Crippen LogP contribution is -2.34. The topological polar surface area (TPSA) is 70.2 Å². The number of hydrogen-bond donors (Lipinski definition) is 3. The van der Waals surface area contributed by atoms with Crippen molar-refractivity contribution in [3.8, 4) is 0 Å². The van der Waals surface area contributed by atoms with Crippen LogP contribution in [-0.2, 0) is 4.79 Å². The molecule has 0 aliphatic heterocycles. The fourth-order valence-corrected chi connectivity index (χ4v) is 2.86. The van der Waals surface area contributed by atoms with E-state index in [1.807, 2.05) is 13.8 Å². The van der Waals surface area contributed by atoms with Gasteiger partial charge < -0.3 is 16.0 Å². The molecule has 0 radical (unpaired) electrons. The van der Waals surface area contributed by atoms with Gasteiger partial charge in [-0.25, -0.2) is 9.18 Å². The zero-order valence-corrected chi connectivity index (χ0v) is 14.8. The van der Waals surface area contributed by atoms with Crippen molar-refractivity contribution in [2.24, 2.45) is 5.92 Å². The Morgan fingerprint density at radius 3 is 2.12 bits per heavy atom. The summed E-state index contributed by atoms with van der Waals surface area (Å²) in [6.45, 7) is 3.77. The summed E-state index contributed by atoms with van der Waals surface area (Å²) in [4.78, 5) is 24.0. The van der Waals surface area contributed by atoms with Gasteiger partial charge in [0.2, 0.25) is 5.91 Å². The molecule has 1 aliphatic carbocycles. The highest BCUT2D eigenvalue weighted by Gasteiger charge is 2.43. The molecule has 0 heterocycles. The van der Waals surface area contributed by atoms with Crippen LogP contribution in [0.1, 0.15) is 31.7 Å². The number of rotatable bonds is 5. The highest BCUT2D eigenvalue weighted by molar-refractivity contribution is 5.95. The minimum atomic E-state index is -0.272. The zero-order chi connectivity index (χ0) is 18.7. The van der Waals surface area contributed by atoms with E-state index in [1.54, 1.807) is 36.4 Å². The SMILES string of the molecule is CC(C)NC(=O)Nc1ccc(NC(=O)C2CC2c2ccc(F)cc2)cc1. The molecule has 1 aliphatic rings. The second kappa shape index (κ2) is 7.56. The van der Waals surface area contributed by atoms with Crippen LogP contribution in [0.5, 0.6) is 0 Å². The van der Waals surface area contributed by atoms with Crippen molar-refractivity contribution in [2.75, 3.05) is 10.6 Å². The minimum Gasteiger partial charge on any atom is -0.336 e. The molecule has 136 valence electrons. The van der Waals surface area contributed by atoms with E-state index < -0.39 is 0 Å². The first kappa shape index (κ1) is 17.9. The van der Waals surface area contributed by atoms with E-state index in [2.05, 4.69) is 16.0 Å². The van der Waals surface area contributed by atoms with Crippen LogP contribution in [-0.4, -0.2) is 18.0 Å². The molecule has 0 spiro atoms. The number of halogens is 1. The van der Waals surface area contributed by atoms with Crippen molar-refractivity contribution in [3.63, 3.8) is 0 Å². The van der Waals surface area contributed by atoms with Crippen molar-refractivity contribution in [1.29, 1.82) is 0 Å². The van der Waals surface area contributed by atoms with E-state index in [-0.39, 0.29) is 35.6 Å². The third kappa shape index (κ3) is 4.59. The van der Waals surface area contributed by atoms with Crippen LogP contribution in [0.3, 0.4) is 0 Å². The Balaban J connectivity index is 1.52. The molecule has 3 rings (SSSR count). The van der Waals surface area contributed by atoms with Crippen LogP contribution >= 0.6 is 0 Å². The molecule has 3 amide bonds. The van der Waals surface area contributed by atoms with E-state index in [1.165, 1.54) is 12.1 Å². The van der Waals surface area contributed by atoms with Crippen LogP contribution in [0.4, 0.5) is 20.6 Å². The first-order chi connectivity index (χ1) is 12.4. The highest BCUT2D eigenvalue weighted by atomic mass is 19.1. The van der Waals surface area contributed by atoms with Crippen LogP contribution in [0.25, 0.3) is 0 Å². The first-order valence-corrected chi connectivity index (χ1v) is 8.66. The number of urea groups is 1. The van der Waals surface area contributed by atoms with Gasteiger partial charge in [0.1, 0.15) is 5.82 Å². The third-order valence-electron chi connectivity index (χ3n) is 4.26. The normalized spacial score (nSPS) is 18.3. The monoisotopic (exact) mass is 355 g/mol. The number of carbonyl (C=O) groups excluding carboxylic acids is 2. The molecule has 0 aromatic heterocycles. The number of amides is 3. The molecule has 2 atom stereocenters. The van der Waals surface area contributed by atoms with Crippen LogP contribution in [0, 0.1) is 11.7 Å². The lowest BCUT2D eigenvalue weighted by atomic mass is 10.1. The summed E-state index contributed by atoms with van der Waals surface area (Å²) < 4.78 is 13.0. The number of benzene rings is 2. The van der Waals surface area contributed by atoms with Gasteiger partial charge >= 0.3 is 6.03 Å². The summed E-state index contributed by atoms with van der Waals surface area (Å²) in [6.07, 6.45) is 0.770.